The van der Waals surface area contributed by atoms with Gasteiger partial charge in [-0.05, 0) is 69.9 Å². The summed E-state index contributed by atoms with van der Waals surface area (Å²) in [5.74, 6) is 0.148. The van der Waals surface area contributed by atoms with Crippen molar-refractivity contribution < 1.29 is 9.53 Å². The van der Waals surface area contributed by atoms with Crippen molar-refractivity contribution in [3.8, 4) is 11.8 Å². The van der Waals surface area contributed by atoms with E-state index < -0.39 is 5.91 Å². The molecule has 0 saturated heterocycles. The van der Waals surface area contributed by atoms with Crippen LogP contribution in [0, 0.1) is 11.3 Å². The van der Waals surface area contributed by atoms with Crippen LogP contribution in [0.4, 0.5) is 5.69 Å². The molecule has 162 valence electrons. The van der Waals surface area contributed by atoms with Gasteiger partial charge in [0.1, 0.15) is 24.0 Å². The van der Waals surface area contributed by atoms with Crippen molar-refractivity contribution in [2.75, 3.05) is 5.32 Å². The minimum Gasteiger partial charge on any atom is -0.488 e. The molecular weight excluding hydrogens is 511 g/mol. The minimum atomic E-state index is -0.456. The number of carbonyl (C=O) groups excluding carboxylic acids is 1. The van der Waals surface area contributed by atoms with Crippen LogP contribution in [-0.4, -0.2) is 5.91 Å². The van der Waals surface area contributed by atoms with Crippen LogP contribution in [0.3, 0.4) is 0 Å². The molecule has 3 aromatic rings. The van der Waals surface area contributed by atoms with Crippen molar-refractivity contribution in [3.63, 3.8) is 0 Å². The van der Waals surface area contributed by atoms with Crippen molar-refractivity contribution in [1.29, 1.82) is 5.26 Å². The Morgan fingerprint density at radius 1 is 1.12 bits per heavy atom. The summed E-state index contributed by atoms with van der Waals surface area (Å²) in [5.41, 5.74) is 3.20. The molecule has 0 saturated carbocycles. The lowest BCUT2D eigenvalue weighted by atomic mass is 10.1. The monoisotopic (exact) mass is 528 g/mol. The van der Waals surface area contributed by atoms with Gasteiger partial charge in [0.05, 0.1) is 4.47 Å². The minimum absolute atomic E-state index is 0.00409. The van der Waals surface area contributed by atoms with Crippen LogP contribution in [0.2, 0.25) is 10.0 Å². The second-order valence-electron chi connectivity index (χ2n) is 6.85. The number of nitriles is 1. The van der Waals surface area contributed by atoms with E-state index in [-0.39, 0.29) is 12.2 Å². The number of hydrogen-bond donors (Lipinski definition) is 1. The Bertz CT molecular complexity index is 1220. The number of ether oxygens (including phenoxy) is 1. The van der Waals surface area contributed by atoms with E-state index in [1.54, 1.807) is 30.3 Å². The maximum atomic E-state index is 12.6. The topological polar surface area (TPSA) is 62.1 Å². The van der Waals surface area contributed by atoms with Crippen LogP contribution in [0.5, 0.6) is 5.75 Å². The van der Waals surface area contributed by atoms with Gasteiger partial charge >= 0.3 is 0 Å². The van der Waals surface area contributed by atoms with Crippen LogP contribution in [0.15, 0.2) is 70.7 Å². The molecule has 0 heterocycles. The lowest BCUT2D eigenvalue weighted by Gasteiger charge is -2.11. The van der Waals surface area contributed by atoms with E-state index in [4.69, 9.17) is 27.9 Å². The van der Waals surface area contributed by atoms with Gasteiger partial charge in [0.15, 0.2) is 0 Å². The average molecular weight is 530 g/mol. The third-order valence-corrected chi connectivity index (χ3v) is 5.88. The Morgan fingerprint density at radius 3 is 2.59 bits per heavy atom. The average Bonchev–Trinajstić information content (AvgIpc) is 2.78. The number of anilines is 1. The summed E-state index contributed by atoms with van der Waals surface area (Å²) >= 11 is 15.6. The van der Waals surface area contributed by atoms with Crippen LogP contribution >= 0.6 is 39.1 Å². The number of amides is 1. The first-order chi connectivity index (χ1) is 15.4. The summed E-state index contributed by atoms with van der Waals surface area (Å²) in [4.78, 5) is 12.6. The number of carbonyl (C=O) groups is 1. The third kappa shape index (κ3) is 6.14. The van der Waals surface area contributed by atoms with Gasteiger partial charge in [-0.3, -0.25) is 4.79 Å². The highest BCUT2D eigenvalue weighted by Gasteiger charge is 2.12. The maximum Gasteiger partial charge on any atom is 0.266 e. The first kappa shape index (κ1) is 23.9. The van der Waals surface area contributed by atoms with Gasteiger partial charge in [-0.15, -0.1) is 0 Å². The number of hydrogen-bond acceptors (Lipinski definition) is 3. The molecule has 3 rings (SSSR count). The van der Waals surface area contributed by atoms with Crippen molar-refractivity contribution in [1.82, 2.24) is 0 Å². The molecule has 0 aliphatic heterocycles. The molecule has 0 unspecified atom stereocenters. The zero-order valence-electron chi connectivity index (χ0n) is 17.2. The lowest BCUT2D eigenvalue weighted by Crippen LogP contribution is -2.14. The van der Waals surface area contributed by atoms with Gasteiger partial charge in [0.2, 0.25) is 0 Å². The highest BCUT2D eigenvalue weighted by molar-refractivity contribution is 9.10. The molecule has 0 bridgehead atoms. The van der Waals surface area contributed by atoms with E-state index in [0.717, 1.165) is 17.5 Å². The van der Waals surface area contributed by atoms with Crippen LogP contribution < -0.4 is 10.1 Å². The molecule has 1 N–H and O–H groups in total. The molecule has 0 radical (unpaired) electrons. The number of rotatable bonds is 7. The van der Waals surface area contributed by atoms with Gasteiger partial charge in [-0.1, -0.05) is 60.5 Å². The molecule has 32 heavy (non-hydrogen) atoms. The van der Waals surface area contributed by atoms with E-state index >= 15 is 0 Å². The van der Waals surface area contributed by atoms with Crippen molar-refractivity contribution in [2.24, 2.45) is 0 Å². The first-order valence-electron chi connectivity index (χ1n) is 9.78. The number of benzene rings is 3. The van der Waals surface area contributed by atoms with Gasteiger partial charge in [-0.2, -0.15) is 5.26 Å². The van der Waals surface area contributed by atoms with Gasteiger partial charge in [0, 0.05) is 21.3 Å². The van der Waals surface area contributed by atoms with Crippen LogP contribution in [0.1, 0.15) is 23.6 Å². The summed E-state index contributed by atoms with van der Waals surface area (Å²) in [5, 5.41) is 13.4. The van der Waals surface area contributed by atoms with Crippen molar-refractivity contribution in [2.45, 2.75) is 20.0 Å². The van der Waals surface area contributed by atoms with Crippen LogP contribution in [-0.2, 0) is 17.8 Å². The molecule has 4 nitrogen and oxygen atoms in total. The van der Waals surface area contributed by atoms with E-state index in [0.29, 0.717) is 31.5 Å². The SMILES string of the molecule is CCc1ccccc1NC(=O)/C(C#N)=C/c1ccc(OCc2ccc(Cl)cc2Cl)c(Br)c1. The second kappa shape index (κ2) is 11.2. The fraction of sp³-hybridized carbons (Fsp3) is 0.120. The summed E-state index contributed by atoms with van der Waals surface area (Å²) in [6.07, 6.45) is 2.31. The largest absolute Gasteiger partial charge is 0.488 e. The zero-order valence-corrected chi connectivity index (χ0v) is 20.3. The smallest absolute Gasteiger partial charge is 0.266 e. The molecule has 0 aliphatic rings. The quantitative estimate of drug-likeness (QED) is 0.255. The summed E-state index contributed by atoms with van der Waals surface area (Å²) < 4.78 is 6.53. The Kier molecular flexibility index (Phi) is 8.35. The highest BCUT2D eigenvalue weighted by atomic mass is 79.9. The van der Waals surface area contributed by atoms with Crippen molar-refractivity contribution in [3.05, 3.63) is 97.4 Å². The summed E-state index contributed by atoms with van der Waals surface area (Å²) in [6.45, 7) is 2.28. The predicted molar refractivity (Wildman–Crippen MR) is 133 cm³/mol. The molecule has 0 spiro atoms. The summed E-state index contributed by atoms with van der Waals surface area (Å²) in [7, 11) is 0. The van der Waals surface area contributed by atoms with E-state index in [1.165, 1.54) is 6.08 Å². The molecule has 0 aliphatic carbocycles. The van der Waals surface area contributed by atoms with E-state index in [2.05, 4.69) is 21.2 Å². The fourth-order valence-corrected chi connectivity index (χ4v) is 3.95. The number of nitrogens with zero attached hydrogens (tertiary/aromatic N) is 1. The van der Waals surface area contributed by atoms with E-state index in [9.17, 15) is 10.1 Å². The molecule has 0 atom stereocenters. The number of para-hydroxylation sites is 1. The van der Waals surface area contributed by atoms with Gasteiger partial charge < -0.3 is 10.1 Å². The van der Waals surface area contributed by atoms with E-state index in [1.807, 2.05) is 43.3 Å². The molecule has 1 amide bonds. The number of halogens is 3. The Morgan fingerprint density at radius 2 is 1.91 bits per heavy atom. The third-order valence-electron chi connectivity index (χ3n) is 4.68. The Labute approximate surface area is 205 Å². The molecule has 0 aromatic heterocycles. The number of aryl methyl sites for hydroxylation is 1. The van der Waals surface area contributed by atoms with Crippen molar-refractivity contribution >= 4 is 56.8 Å². The Hall–Kier alpha value is -2.78. The van der Waals surface area contributed by atoms with Crippen LogP contribution in [0.25, 0.3) is 6.08 Å². The normalized spacial score (nSPS) is 11.0. The molecule has 0 fully saturated rings. The molecule has 3 aromatic carbocycles. The van der Waals surface area contributed by atoms with Gasteiger partial charge in [0.25, 0.3) is 5.91 Å². The maximum absolute atomic E-state index is 12.6. The standard InChI is InChI=1S/C25H19BrCl2N2O2/c1-2-17-5-3-4-6-23(17)30-25(31)19(14-29)11-16-7-10-24(21(26)12-16)32-15-18-8-9-20(27)13-22(18)28/h3-13H,2,15H2,1H3,(H,30,31)/b19-11+. The molecular formula is C25H19BrCl2N2O2. The second-order valence-corrected chi connectivity index (χ2v) is 8.55. The van der Waals surface area contributed by atoms with Gasteiger partial charge in [-0.25, -0.2) is 0 Å². The fourth-order valence-electron chi connectivity index (χ4n) is 2.97. The summed E-state index contributed by atoms with van der Waals surface area (Å²) in [6, 6.07) is 20.0. The Balaban J connectivity index is 1.73. The zero-order chi connectivity index (χ0) is 23.1. The number of nitrogens with one attached hydrogen (secondary N) is 1. The molecule has 7 heteroatoms. The predicted octanol–water partition coefficient (Wildman–Crippen LogP) is 7.44. The highest BCUT2D eigenvalue weighted by Crippen LogP contribution is 2.29. The lowest BCUT2D eigenvalue weighted by molar-refractivity contribution is -0.112. The first-order valence-corrected chi connectivity index (χ1v) is 11.3.